The van der Waals surface area contributed by atoms with Gasteiger partial charge in [0.1, 0.15) is 11.6 Å². The number of amides is 2. The summed E-state index contributed by atoms with van der Waals surface area (Å²) in [6.45, 7) is 4.37. The van der Waals surface area contributed by atoms with Crippen molar-refractivity contribution in [3.05, 3.63) is 30.1 Å². The number of halogens is 1. The predicted octanol–water partition coefficient (Wildman–Crippen LogP) is 3.14. The van der Waals surface area contributed by atoms with Crippen molar-refractivity contribution in [2.45, 2.75) is 45.4 Å². The average Bonchev–Trinajstić information content (AvgIpc) is 2.65. The van der Waals surface area contributed by atoms with E-state index in [1.165, 1.54) is 12.1 Å². The predicted molar refractivity (Wildman–Crippen MR) is 98.4 cm³/mol. The molecule has 0 bridgehead atoms. The SMILES string of the molecule is CCCCNC(=O)C1CCCN(C(=O)CCCOc2cccc(F)c2)C1. The van der Waals surface area contributed by atoms with E-state index in [-0.39, 0.29) is 23.5 Å². The number of nitrogens with zero attached hydrogens (tertiary/aromatic N) is 1. The highest BCUT2D eigenvalue weighted by atomic mass is 19.1. The van der Waals surface area contributed by atoms with E-state index >= 15 is 0 Å². The van der Waals surface area contributed by atoms with Gasteiger partial charge in [-0.25, -0.2) is 4.39 Å². The van der Waals surface area contributed by atoms with Crippen LogP contribution in [-0.4, -0.2) is 43.0 Å². The van der Waals surface area contributed by atoms with Crippen molar-refractivity contribution in [2.24, 2.45) is 5.92 Å². The van der Waals surface area contributed by atoms with Gasteiger partial charge in [0.15, 0.2) is 0 Å². The first-order chi connectivity index (χ1) is 12.6. The lowest BCUT2D eigenvalue weighted by molar-refractivity contribution is -0.135. The lowest BCUT2D eigenvalue weighted by atomic mass is 9.96. The molecule has 1 aromatic carbocycles. The molecule has 1 heterocycles. The van der Waals surface area contributed by atoms with E-state index < -0.39 is 0 Å². The highest BCUT2D eigenvalue weighted by Crippen LogP contribution is 2.18. The van der Waals surface area contributed by atoms with E-state index in [1.807, 2.05) is 0 Å². The molecule has 1 unspecified atom stereocenters. The molecule has 0 radical (unpaired) electrons. The highest BCUT2D eigenvalue weighted by molar-refractivity contribution is 5.81. The maximum atomic E-state index is 13.1. The molecule has 1 aliphatic rings. The molecule has 0 aromatic heterocycles. The minimum absolute atomic E-state index is 0.0545. The average molecular weight is 364 g/mol. The zero-order valence-corrected chi connectivity index (χ0v) is 15.5. The first kappa shape index (κ1) is 20.2. The van der Waals surface area contributed by atoms with Gasteiger partial charge in [-0.15, -0.1) is 0 Å². The highest BCUT2D eigenvalue weighted by Gasteiger charge is 2.27. The Labute approximate surface area is 154 Å². The van der Waals surface area contributed by atoms with Gasteiger partial charge in [-0.1, -0.05) is 19.4 Å². The Balaban J connectivity index is 1.68. The molecule has 144 valence electrons. The van der Waals surface area contributed by atoms with Crippen molar-refractivity contribution in [1.82, 2.24) is 10.2 Å². The third-order valence-corrected chi connectivity index (χ3v) is 4.57. The second kappa shape index (κ2) is 10.8. The molecular formula is C20H29FN2O3. The summed E-state index contributed by atoms with van der Waals surface area (Å²) >= 11 is 0. The van der Waals surface area contributed by atoms with Crippen molar-refractivity contribution in [3.63, 3.8) is 0 Å². The van der Waals surface area contributed by atoms with Gasteiger partial charge in [0, 0.05) is 32.1 Å². The standard InChI is InChI=1S/C20H29FN2O3/c1-2-3-11-22-20(25)16-7-5-12-23(15-16)19(24)10-6-13-26-18-9-4-8-17(21)14-18/h4,8-9,14,16H,2-3,5-7,10-13,15H2,1H3,(H,22,25). The summed E-state index contributed by atoms with van der Waals surface area (Å²) in [5.74, 6) is 0.145. The number of rotatable bonds is 9. The van der Waals surface area contributed by atoms with E-state index in [0.717, 1.165) is 25.7 Å². The number of nitrogens with one attached hydrogen (secondary N) is 1. The number of carbonyl (C=O) groups is 2. The number of hydrogen-bond acceptors (Lipinski definition) is 3. The largest absolute Gasteiger partial charge is 0.493 e. The van der Waals surface area contributed by atoms with Gasteiger partial charge < -0.3 is 15.0 Å². The summed E-state index contributed by atoms with van der Waals surface area (Å²) in [5.41, 5.74) is 0. The molecule has 5 nitrogen and oxygen atoms in total. The summed E-state index contributed by atoms with van der Waals surface area (Å²) in [5, 5.41) is 2.96. The Morgan fingerprint density at radius 2 is 2.19 bits per heavy atom. The molecule has 1 saturated heterocycles. The third kappa shape index (κ3) is 6.65. The Morgan fingerprint density at radius 1 is 1.35 bits per heavy atom. The minimum atomic E-state index is -0.338. The number of carbonyl (C=O) groups excluding carboxylic acids is 2. The normalized spacial score (nSPS) is 17.0. The van der Waals surface area contributed by atoms with Gasteiger partial charge >= 0.3 is 0 Å². The number of unbranched alkanes of at least 4 members (excludes halogenated alkanes) is 1. The first-order valence-corrected chi connectivity index (χ1v) is 9.54. The van der Waals surface area contributed by atoms with Crippen molar-refractivity contribution in [1.29, 1.82) is 0 Å². The molecule has 1 aliphatic heterocycles. The fourth-order valence-corrected chi connectivity index (χ4v) is 3.08. The smallest absolute Gasteiger partial charge is 0.224 e. The number of benzene rings is 1. The summed E-state index contributed by atoms with van der Waals surface area (Å²) < 4.78 is 18.5. The lowest BCUT2D eigenvalue weighted by Crippen LogP contribution is -2.45. The van der Waals surface area contributed by atoms with Crippen LogP contribution in [0.15, 0.2) is 24.3 Å². The number of hydrogen-bond donors (Lipinski definition) is 1. The topological polar surface area (TPSA) is 58.6 Å². The van der Waals surface area contributed by atoms with Crippen LogP contribution in [0.2, 0.25) is 0 Å². The summed E-state index contributed by atoms with van der Waals surface area (Å²) in [7, 11) is 0. The van der Waals surface area contributed by atoms with Crippen LogP contribution < -0.4 is 10.1 Å². The maximum Gasteiger partial charge on any atom is 0.224 e. The van der Waals surface area contributed by atoms with Crippen LogP contribution in [0.4, 0.5) is 4.39 Å². The third-order valence-electron chi connectivity index (χ3n) is 4.57. The van der Waals surface area contributed by atoms with Gasteiger partial charge in [-0.2, -0.15) is 0 Å². The second-order valence-corrected chi connectivity index (χ2v) is 6.73. The second-order valence-electron chi connectivity index (χ2n) is 6.73. The fraction of sp³-hybridized carbons (Fsp3) is 0.600. The van der Waals surface area contributed by atoms with Crippen LogP contribution in [0.5, 0.6) is 5.75 Å². The number of piperidine rings is 1. The van der Waals surface area contributed by atoms with Crippen LogP contribution in [0.3, 0.4) is 0 Å². The Hall–Kier alpha value is -2.11. The van der Waals surface area contributed by atoms with Crippen molar-refractivity contribution in [2.75, 3.05) is 26.2 Å². The van der Waals surface area contributed by atoms with Crippen LogP contribution in [-0.2, 0) is 9.59 Å². The van der Waals surface area contributed by atoms with Crippen LogP contribution in [0, 0.1) is 11.7 Å². The van der Waals surface area contributed by atoms with Crippen molar-refractivity contribution in [3.8, 4) is 5.75 Å². The first-order valence-electron chi connectivity index (χ1n) is 9.54. The summed E-state index contributed by atoms with van der Waals surface area (Å²) in [4.78, 5) is 26.3. The monoisotopic (exact) mass is 364 g/mol. The van der Waals surface area contributed by atoms with Gasteiger partial charge in [0.05, 0.1) is 12.5 Å². The lowest BCUT2D eigenvalue weighted by Gasteiger charge is -2.32. The van der Waals surface area contributed by atoms with Gasteiger partial charge in [0.2, 0.25) is 11.8 Å². The van der Waals surface area contributed by atoms with Crippen LogP contribution in [0.25, 0.3) is 0 Å². The molecule has 2 rings (SSSR count). The molecule has 2 amide bonds. The number of likely N-dealkylation sites (tertiary alicyclic amines) is 1. The zero-order valence-electron chi connectivity index (χ0n) is 15.5. The molecule has 1 atom stereocenters. The van der Waals surface area contributed by atoms with Gasteiger partial charge in [-0.3, -0.25) is 9.59 Å². The molecule has 0 aliphatic carbocycles. The molecule has 6 heteroatoms. The van der Waals surface area contributed by atoms with Gasteiger partial charge in [-0.05, 0) is 37.8 Å². The molecule has 0 saturated carbocycles. The Bertz CT molecular complexity index is 594. The maximum absolute atomic E-state index is 13.1. The Morgan fingerprint density at radius 3 is 2.96 bits per heavy atom. The Kier molecular flexibility index (Phi) is 8.38. The van der Waals surface area contributed by atoms with E-state index in [0.29, 0.717) is 44.8 Å². The molecule has 0 spiro atoms. The van der Waals surface area contributed by atoms with E-state index in [9.17, 15) is 14.0 Å². The van der Waals surface area contributed by atoms with E-state index in [4.69, 9.17) is 4.74 Å². The van der Waals surface area contributed by atoms with E-state index in [2.05, 4.69) is 12.2 Å². The van der Waals surface area contributed by atoms with E-state index in [1.54, 1.807) is 17.0 Å². The molecular weight excluding hydrogens is 335 g/mol. The molecule has 1 aromatic rings. The molecule has 26 heavy (non-hydrogen) atoms. The molecule has 1 N–H and O–H groups in total. The molecule has 1 fully saturated rings. The summed E-state index contributed by atoms with van der Waals surface area (Å²) in [6.07, 6.45) is 4.67. The summed E-state index contributed by atoms with van der Waals surface area (Å²) in [6, 6.07) is 5.97. The van der Waals surface area contributed by atoms with Crippen LogP contribution in [0.1, 0.15) is 45.4 Å². The zero-order chi connectivity index (χ0) is 18.8. The quantitative estimate of drug-likeness (QED) is 0.685. The number of ether oxygens (including phenoxy) is 1. The van der Waals surface area contributed by atoms with Crippen molar-refractivity contribution < 1.29 is 18.7 Å². The fourth-order valence-electron chi connectivity index (χ4n) is 3.08. The van der Waals surface area contributed by atoms with Crippen LogP contribution >= 0.6 is 0 Å². The van der Waals surface area contributed by atoms with Crippen molar-refractivity contribution >= 4 is 11.8 Å². The minimum Gasteiger partial charge on any atom is -0.493 e. The van der Waals surface area contributed by atoms with Gasteiger partial charge in [0.25, 0.3) is 0 Å².